The highest BCUT2D eigenvalue weighted by molar-refractivity contribution is 5.91. The molecule has 0 unspecified atom stereocenters. The molecule has 130 valence electrons. The van der Waals surface area contributed by atoms with E-state index in [9.17, 15) is 9.59 Å². The third-order valence-corrected chi connectivity index (χ3v) is 4.09. The van der Waals surface area contributed by atoms with Crippen molar-refractivity contribution in [2.45, 2.75) is 31.2 Å². The summed E-state index contributed by atoms with van der Waals surface area (Å²) in [4.78, 5) is 24.7. The monoisotopic (exact) mass is 336 g/mol. The summed E-state index contributed by atoms with van der Waals surface area (Å²) in [6, 6.07) is 18.4. The molecule has 4 nitrogen and oxygen atoms in total. The fraction of sp³-hybridized carbons (Fsp3) is 0.238. The van der Waals surface area contributed by atoms with Crippen LogP contribution in [0.2, 0.25) is 0 Å². The number of nitrogens with one attached hydrogen (secondary N) is 1. The molecule has 0 aromatic heterocycles. The quantitative estimate of drug-likeness (QED) is 0.545. The van der Waals surface area contributed by atoms with E-state index >= 15 is 0 Å². The van der Waals surface area contributed by atoms with Crippen molar-refractivity contribution in [3.8, 4) is 0 Å². The van der Waals surface area contributed by atoms with E-state index in [2.05, 4.69) is 11.9 Å². The van der Waals surface area contributed by atoms with Gasteiger partial charge in [-0.1, -0.05) is 66.7 Å². The number of carbonyl (C=O) groups excluding carboxylic acids is 2. The number of primary amides is 1. The van der Waals surface area contributed by atoms with Crippen molar-refractivity contribution in [1.29, 1.82) is 0 Å². The maximum absolute atomic E-state index is 13.0. The summed E-state index contributed by atoms with van der Waals surface area (Å²) in [6.07, 6.45) is 3.82. The van der Waals surface area contributed by atoms with Gasteiger partial charge in [0, 0.05) is 0 Å². The second-order valence-corrected chi connectivity index (χ2v) is 5.94. The Morgan fingerprint density at radius 2 is 1.52 bits per heavy atom. The van der Waals surface area contributed by atoms with Crippen LogP contribution >= 0.6 is 0 Å². The van der Waals surface area contributed by atoms with Gasteiger partial charge in [0.2, 0.25) is 11.8 Å². The Labute approximate surface area is 148 Å². The minimum atomic E-state index is -0.678. The van der Waals surface area contributed by atoms with Gasteiger partial charge in [-0.15, -0.1) is 6.58 Å². The number of hydrogen-bond donors (Lipinski definition) is 2. The molecule has 0 saturated heterocycles. The van der Waals surface area contributed by atoms with Gasteiger partial charge in [0.25, 0.3) is 0 Å². The number of hydrogen-bond acceptors (Lipinski definition) is 2. The van der Waals surface area contributed by atoms with Gasteiger partial charge >= 0.3 is 0 Å². The maximum Gasteiger partial charge on any atom is 0.240 e. The van der Waals surface area contributed by atoms with Crippen LogP contribution in [0.3, 0.4) is 0 Å². The first-order chi connectivity index (χ1) is 12.1. The molecule has 2 aromatic rings. The Kier molecular flexibility index (Phi) is 6.96. The lowest BCUT2D eigenvalue weighted by Crippen LogP contribution is -2.46. The van der Waals surface area contributed by atoms with Gasteiger partial charge in [-0.25, -0.2) is 0 Å². The third kappa shape index (κ3) is 5.31. The number of rotatable bonds is 9. The zero-order valence-electron chi connectivity index (χ0n) is 14.2. The standard InChI is InChI=1S/C21H24N2O2/c1-2-3-6-15-18(20(22)24)23-21(25)19(16-11-7-4-8-12-16)17-13-9-5-10-14-17/h2,4-5,7-14,18-19H,1,3,6,15H2,(H2,22,24)(H,23,25)/t18-/m1/s1. The first-order valence-corrected chi connectivity index (χ1v) is 8.44. The molecule has 0 bridgehead atoms. The number of benzene rings is 2. The number of allylic oxidation sites excluding steroid dienone is 1. The van der Waals surface area contributed by atoms with Crippen molar-refractivity contribution in [3.05, 3.63) is 84.4 Å². The average Bonchev–Trinajstić information content (AvgIpc) is 2.63. The lowest BCUT2D eigenvalue weighted by atomic mass is 9.90. The highest BCUT2D eigenvalue weighted by Gasteiger charge is 2.26. The van der Waals surface area contributed by atoms with Crippen LogP contribution < -0.4 is 11.1 Å². The molecule has 3 N–H and O–H groups in total. The van der Waals surface area contributed by atoms with Crippen LogP contribution in [-0.4, -0.2) is 17.9 Å². The molecule has 0 aliphatic heterocycles. The second-order valence-electron chi connectivity index (χ2n) is 5.94. The summed E-state index contributed by atoms with van der Waals surface area (Å²) in [5.41, 5.74) is 7.22. The molecule has 0 heterocycles. The third-order valence-electron chi connectivity index (χ3n) is 4.09. The largest absolute Gasteiger partial charge is 0.368 e. The SMILES string of the molecule is C=CCCC[C@@H](NC(=O)C(c1ccccc1)c1ccccc1)C(N)=O. The molecule has 2 amide bonds. The summed E-state index contributed by atoms with van der Waals surface area (Å²) in [6.45, 7) is 3.67. The van der Waals surface area contributed by atoms with E-state index in [0.717, 1.165) is 24.0 Å². The number of amides is 2. The van der Waals surface area contributed by atoms with Gasteiger partial charge in [0.1, 0.15) is 6.04 Å². The van der Waals surface area contributed by atoms with E-state index in [4.69, 9.17) is 5.73 Å². The normalized spacial score (nSPS) is 11.7. The Morgan fingerprint density at radius 3 is 1.96 bits per heavy atom. The summed E-state index contributed by atoms with van der Waals surface area (Å²) >= 11 is 0. The topological polar surface area (TPSA) is 72.2 Å². The predicted octanol–water partition coefficient (Wildman–Crippen LogP) is 3.14. The van der Waals surface area contributed by atoms with Crippen LogP contribution in [0, 0.1) is 0 Å². The second kappa shape index (κ2) is 9.42. The zero-order chi connectivity index (χ0) is 18.1. The molecule has 2 aromatic carbocycles. The van der Waals surface area contributed by atoms with Crippen LogP contribution in [0.15, 0.2) is 73.3 Å². The van der Waals surface area contributed by atoms with E-state index in [-0.39, 0.29) is 5.91 Å². The molecule has 1 atom stereocenters. The Morgan fingerprint density at radius 1 is 1.00 bits per heavy atom. The van der Waals surface area contributed by atoms with E-state index in [1.807, 2.05) is 60.7 Å². The summed E-state index contributed by atoms with van der Waals surface area (Å²) < 4.78 is 0. The van der Waals surface area contributed by atoms with Crippen molar-refractivity contribution < 1.29 is 9.59 Å². The lowest BCUT2D eigenvalue weighted by molar-refractivity contribution is -0.127. The van der Waals surface area contributed by atoms with Gasteiger partial charge in [0.05, 0.1) is 5.92 Å². The van der Waals surface area contributed by atoms with Crippen LogP contribution in [-0.2, 0) is 9.59 Å². The summed E-state index contributed by atoms with van der Waals surface area (Å²) in [5, 5.41) is 2.82. The highest BCUT2D eigenvalue weighted by atomic mass is 16.2. The summed E-state index contributed by atoms with van der Waals surface area (Å²) in [7, 11) is 0. The molecule has 0 saturated carbocycles. The van der Waals surface area contributed by atoms with E-state index in [0.29, 0.717) is 6.42 Å². The molecule has 0 aliphatic carbocycles. The minimum Gasteiger partial charge on any atom is -0.368 e. The van der Waals surface area contributed by atoms with Crippen LogP contribution in [0.1, 0.15) is 36.3 Å². The number of carbonyl (C=O) groups is 2. The number of unbranched alkanes of at least 4 members (excludes halogenated alkanes) is 1. The number of nitrogens with two attached hydrogens (primary N) is 1. The molecule has 0 spiro atoms. The fourth-order valence-electron chi connectivity index (χ4n) is 2.79. The van der Waals surface area contributed by atoms with Crippen molar-refractivity contribution in [3.63, 3.8) is 0 Å². The molecule has 0 radical (unpaired) electrons. The Bertz CT molecular complexity index is 659. The minimum absolute atomic E-state index is 0.222. The van der Waals surface area contributed by atoms with Crippen molar-refractivity contribution >= 4 is 11.8 Å². The molecule has 25 heavy (non-hydrogen) atoms. The lowest BCUT2D eigenvalue weighted by Gasteiger charge is -2.21. The van der Waals surface area contributed by atoms with Gasteiger partial charge in [0.15, 0.2) is 0 Å². The van der Waals surface area contributed by atoms with Gasteiger partial charge in [-0.05, 0) is 30.4 Å². The van der Waals surface area contributed by atoms with Gasteiger partial charge in [-0.2, -0.15) is 0 Å². The fourth-order valence-corrected chi connectivity index (χ4v) is 2.79. The highest BCUT2D eigenvalue weighted by Crippen LogP contribution is 2.25. The van der Waals surface area contributed by atoms with E-state index < -0.39 is 17.9 Å². The average molecular weight is 336 g/mol. The van der Waals surface area contributed by atoms with Crippen molar-refractivity contribution in [2.75, 3.05) is 0 Å². The molecule has 0 aliphatic rings. The van der Waals surface area contributed by atoms with Crippen LogP contribution in [0.5, 0.6) is 0 Å². The molecule has 0 fully saturated rings. The molecular weight excluding hydrogens is 312 g/mol. The molecule has 2 rings (SSSR count). The summed E-state index contributed by atoms with van der Waals surface area (Å²) in [5.74, 6) is -1.22. The van der Waals surface area contributed by atoms with E-state index in [1.165, 1.54) is 0 Å². The van der Waals surface area contributed by atoms with Crippen LogP contribution in [0.25, 0.3) is 0 Å². The Hall–Kier alpha value is -2.88. The van der Waals surface area contributed by atoms with Crippen molar-refractivity contribution in [2.24, 2.45) is 5.73 Å². The Balaban J connectivity index is 2.23. The predicted molar refractivity (Wildman–Crippen MR) is 99.9 cm³/mol. The smallest absolute Gasteiger partial charge is 0.240 e. The first kappa shape index (κ1) is 18.5. The van der Waals surface area contributed by atoms with E-state index in [1.54, 1.807) is 6.08 Å². The van der Waals surface area contributed by atoms with Gasteiger partial charge < -0.3 is 11.1 Å². The van der Waals surface area contributed by atoms with Gasteiger partial charge in [-0.3, -0.25) is 9.59 Å². The van der Waals surface area contributed by atoms with Crippen LogP contribution in [0.4, 0.5) is 0 Å². The zero-order valence-corrected chi connectivity index (χ0v) is 14.2. The first-order valence-electron chi connectivity index (χ1n) is 8.44. The molecule has 4 heteroatoms. The van der Waals surface area contributed by atoms with Crippen molar-refractivity contribution in [1.82, 2.24) is 5.32 Å². The maximum atomic E-state index is 13.0. The molecular formula is C21H24N2O2.